The zero-order valence-corrected chi connectivity index (χ0v) is 15.5. The number of pyridine rings is 1. The fourth-order valence-electron chi connectivity index (χ4n) is 3.41. The van der Waals surface area contributed by atoms with Crippen LogP contribution in [0.5, 0.6) is 0 Å². The Balaban J connectivity index is 1.80. The molecule has 2 aliphatic rings. The van der Waals surface area contributed by atoms with E-state index in [-0.39, 0.29) is 12.1 Å². The van der Waals surface area contributed by atoms with Gasteiger partial charge in [-0.3, -0.25) is 9.98 Å². The van der Waals surface area contributed by atoms with Crippen molar-refractivity contribution in [1.29, 1.82) is 0 Å². The number of thioether (sulfide) groups is 1. The molecule has 3 nitrogen and oxygen atoms in total. The molecule has 4 rings (SSSR count). The van der Waals surface area contributed by atoms with Gasteiger partial charge in [-0.25, -0.2) is 0 Å². The van der Waals surface area contributed by atoms with Crippen molar-refractivity contribution in [2.75, 3.05) is 5.75 Å². The van der Waals surface area contributed by atoms with Gasteiger partial charge in [-0.15, -0.1) is 0 Å². The molecule has 0 N–H and O–H groups in total. The van der Waals surface area contributed by atoms with Crippen molar-refractivity contribution >= 4 is 40.1 Å². The summed E-state index contributed by atoms with van der Waals surface area (Å²) in [5, 5.41) is 2.28. The third-order valence-corrected chi connectivity index (χ3v) is 6.48. The number of benzene rings is 1. The Morgan fingerprint density at radius 1 is 1.21 bits per heavy atom. The van der Waals surface area contributed by atoms with Gasteiger partial charge in [0.1, 0.15) is 6.04 Å². The summed E-state index contributed by atoms with van der Waals surface area (Å²) in [4.78, 5) is 12.0. The second-order valence-corrected chi connectivity index (χ2v) is 7.81. The number of rotatable bonds is 3. The van der Waals surface area contributed by atoms with E-state index in [9.17, 15) is 0 Å². The molecule has 3 atom stereocenters. The maximum absolute atomic E-state index is 6.29. The highest BCUT2D eigenvalue weighted by Crippen LogP contribution is 2.49. The molecule has 0 bridgehead atoms. The third kappa shape index (κ3) is 2.71. The smallest absolute Gasteiger partial charge is 0.160 e. The van der Waals surface area contributed by atoms with Crippen LogP contribution < -0.4 is 0 Å². The molecule has 24 heavy (non-hydrogen) atoms. The van der Waals surface area contributed by atoms with Crippen molar-refractivity contribution in [3.8, 4) is 0 Å². The van der Waals surface area contributed by atoms with Crippen molar-refractivity contribution < 1.29 is 0 Å². The standard InChI is InChI=1S/C18H17Cl2N3S/c1-2-12-10-24-18-22-16(15-5-3-4-8-21-15)17(23(12)18)11-6-7-13(19)14(20)9-11/h3-9,12,16-17H,2,10H2,1H3. The molecule has 124 valence electrons. The van der Waals surface area contributed by atoms with Gasteiger partial charge in [-0.05, 0) is 36.2 Å². The Morgan fingerprint density at radius 3 is 2.79 bits per heavy atom. The van der Waals surface area contributed by atoms with Crippen LogP contribution in [-0.4, -0.2) is 26.8 Å². The van der Waals surface area contributed by atoms with Crippen LogP contribution in [0.4, 0.5) is 0 Å². The molecule has 1 saturated heterocycles. The van der Waals surface area contributed by atoms with E-state index < -0.39 is 0 Å². The number of halogens is 2. The number of nitrogens with zero attached hydrogens (tertiary/aromatic N) is 3. The van der Waals surface area contributed by atoms with Gasteiger partial charge in [0, 0.05) is 18.0 Å². The zero-order chi connectivity index (χ0) is 16.7. The minimum atomic E-state index is -0.0136. The third-order valence-electron chi connectivity index (χ3n) is 4.61. The summed E-state index contributed by atoms with van der Waals surface area (Å²) in [6, 6.07) is 12.5. The first-order valence-electron chi connectivity index (χ1n) is 8.04. The lowest BCUT2D eigenvalue weighted by Crippen LogP contribution is -2.35. The molecule has 1 aromatic carbocycles. The van der Waals surface area contributed by atoms with Gasteiger partial charge in [-0.2, -0.15) is 0 Å². The number of hydrogen-bond acceptors (Lipinski definition) is 4. The first kappa shape index (κ1) is 16.2. The van der Waals surface area contributed by atoms with Gasteiger partial charge in [0.15, 0.2) is 5.17 Å². The number of aliphatic imine (C=N–C) groups is 1. The van der Waals surface area contributed by atoms with Gasteiger partial charge >= 0.3 is 0 Å². The summed E-state index contributed by atoms with van der Waals surface area (Å²) >= 11 is 14.2. The molecule has 3 heterocycles. The first-order valence-corrected chi connectivity index (χ1v) is 9.78. The normalized spacial score (nSPS) is 25.7. The van der Waals surface area contributed by atoms with Gasteiger partial charge in [0.25, 0.3) is 0 Å². The summed E-state index contributed by atoms with van der Waals surface area (Å²) < 4.78 is 0. The Bertz CT molecular complexity index is 781. The highest BCUT2D eigenvalue weighted by atomic mass is 35.5. The summed E-state index contributed by atoms with van der Waals surface area (Å²) in [5.41, 5.74) is 2.13. The molecular weight excluding hydrogens is 361 g/mol. The van der Waals surface area contributed by atoms with Crippen LogP contribution in [0.25, 0.3) is 0 Å². The van der Waals surface area contributed by atoms with Crippen LogP contribution in [-0.2, 0) is 0 Å². The predicted molar refractivity (Wildman–Crippen MR) is 102 cm³/mol. The SMILES string of the molecule is CCC1CSC2=NC(c3ccccn3)C(c3ccc(Cl)c(Cl)c3)N21. The first-order chi connectivity index (χ1) is 11.7. The van der Waals surface area contributed by atoms with Crippen molar-refractivity contribution in [1.82, 2.24) is 9.88 Å². The van der Waals surface area contributed by atoms with E-state index in [4.69, 9.17) is 28.2 Å². The number of hydrogen-bond donors (Lipinski definition) is 0. The predicted octanol–water partition coefficient (Wildman–Crippen LogP) is 5.37. The van der Waals surface area contributed by atoms with Crippen molar-refractivity contribution in [2.24, 2.45) is 4.99 Å². The molecule has 0 saturated carbocycles. The topological polar surface area (TPSA) is 28.5 Å². The largest absolute Gasteiger partial charge is 0.338 e. The molecular formula is C18H17Cl2N3S. The summed E-state index contributed by atoms with van der Waals surface area (Å²) in [6.07, 6.45) is 2.92. The van der Waals surface area contributed by atoms with Crippen LogP contribution >= 0.6 is 35.0 Å². The number of aromatic nitrogens is 1. The second kappa shape index (κ2) is 6.58. The lowest BCUT2D eigenvalue weighted by molar-refractivity contribution is 0.255. The Kier molecular flexibility index (Phi) is 4.46. The Labute approximate surface area is 156 Å². The van der Waals surface area contributed by atoms with E-state index in [1.807, 2.05) is 48.3 Å². The number of fused-ring (bicyclic) bond motifs is 1. The zero-order valence-electron chi connectivity index (χ0n) is 13.2. The minimum absolute atomic E-state index is 0.0136. The van der Waals surface area contributed by atoms with Gasteiger partial charge in [0.05, 0.1) is 21.8 Å². The quantitative estimate of drug-likeness (QED) is 0.719. The monoisotopic (exact) mass is 377 g/mol. The van der Waals surface area contributed by atoms with E-state index >= 15 is 0 Å². The molecule has 0 aliphatic carbocycles. The van der Waals surface area contributed by atoms with Crippen molar-refractivity contribution in [3.63, 3.8) is 0 Å². The summed E-state index contributed by atoms with van der Waals surface area (Å²) in [6.45, 7) is 2.23. The van der Waals surface area contributed by atoms with E-state index in [1.54, 1.807) is 0 Å². The molecule has 2 aromatic rings. The molecule has 1 aromatic heterocycles. The van der Waals surface area contributed by atoms with Crippen molar-refractivity contribution in [2.45, 2.75) is 31.5 Å². The average Bonchev–Trinajstić information content (AvgIpc) is 3.17. The van der Waals surface area contributed by atoms with Gasteiger partial charge in [-0.1, -0.05) is 54.0 Å². The van der Waals surface area contributed by atoms with E-state index in [0.717, 1.165) is 28.6 Å². The Morgan fingerprint density at radius 2 is 2.08 bits per heavy atom. The lowest BCUT2D eigenvalue weighted by Gasteiger charge is -2.32. The highest BCUT2D eigenvalue weighted by molar-refractivity contribution is 8.14. The molecule has 0 amide bonds. The van der Waals surface area contributed by atoms with Crippen LogP contribution in [0.1, 0.15) is 36.7 Å². The fraction of sp³-hybridized carbons (Fsp3) is 0.333. The summed E-state index contributed by atoms with van der Waals surface area (Å²) in [7, 11) is 0. The van der Waals surface area contributed by atoms with E-state index in [0.29, 0.717) is 16.1 Å². The number of amidine groups is 1. The fourth-order valence-corrected chi connectivity index (χ4v) is 5.05. The molecule has 0 spiro atoms. The maximum Gasteiger partial charge on any atom is 0.160 e. The second-order valence-electron chi connectivity index (χ2n) is 6.01. The summed E-state index contributed by atoms with van der Waals surface area (Å²) in [5.74, 6) is 1.09. The van der Waals surface area contributed by atoms with Crippen LogP contribution in [0, 0.1) is 0 Å². The van der Waals surface area contributed by atoms with Gasteiger partial charge in [0.2, 0.25) is 0 Å². The molecule has 3 unspecified atom stereocenters. The Hall–Kier alpha value is -1.23. The average molecular weight is 378 g/mol. The van der Waals surface area contributed by atoms with Crippen molar-refractivity contribution in [3.05, 3.63) is 63.9 Å². The van der Waals surface area contributed by atoms with Crippen LogP contribution in [0.15, 0.2) is 47.6 Å². The molecule has 0 radical (unpaired) electrons. The van der Waals surface area contributed by atoms with E-state index in [2.05, 4.69) is 22.9 Å². The maximum atomic E-state index is 6.29. The highest BCUT2D eigenvalue weighted by Gasteiger charge is 2.45. The minimum Gasteiger partial charge on any atom is -0.338 e. The van der Waals surface area contributed by atoms with Gasteiger partial charge < -0.3 is 4.90 Å². The lowest BCUT2D eigenvalue weighted by atomic mass is 9.95. The molecule has 1 fully saturated rings. The van der Waals surface area contributed by atoms with E-state index in [1.165, 1.54) is 0 Å². The molecule has 2 aliphatic heterocycles. The molecule has 6 heteroatoms. The van der Waals surface area contributed by atoms with Crippen LogP contribution in [0.2, 0.25) is 10.0 Å². The van der Waals surface area contributed by atoms with Crippen LogP contribution in [0.3, 0.4) is 0 Å².